The maximum absolute atomic E-state index is 12.1. The maximum Gasteiger partial charge on any atom is 0.336 e. The number of aryl methyl sites for hydroxylation is 2. The van der Waals surface area contributed by atoms with Gasteiger partial charge in [-0.3, -0.25) is 9.80 Å². The molecule has 168 valence electrons. The van der Waals surface area contributed by atoms with Crippen LogP contribution in [0, 0.1) is 6.92 Å². The summed E-state index contributed by atoms with van der Waals surface area (Å²) in [5, 5.41) is 1.06. The molecule has 3 aromatic rings. The Kier molecular flexibility index (Phi) is 6.03. The zero-order valence-corrected chi connectivity index (χ0v) is 19.1. The van der Waals surface area contributed by atoms with Crippen LogP contribution in [-0.2, 0) is 19.5 Å². The van der Waals surface area contributed by atoms with Crippen molar-refractivity contribution in [2.45, 2.75) is 58.7 Å². The van der Waals surface area contributed by atoms with Crippen LogP contribution in [0.2, 0.25) is 0 Å². The number of ether oxygens (including phenoxy) is 1. The Hall–Kier alpha value is -2.63. The van der Waals surface area contributed by atoms with Gasteiger partial charge in [-0.25, -0.2) is 4.79 Å². The number of fused-ring (bicyclic) bond motifs is 2. The minimum Gasteiger partial charge on any atom is -0.477 e. The Morgan fingerprint density at radius 1 is 1.09 bits per heavy atom. The number of hydrogen-bond donors (Lipinski definition) is 0. The van der Waals surface area contributed by atoms with Crippen molar-refractivity contribution >= 4 is 11.0 Å². The van der Waals surface area contributed by atoms with E-state index in [2.05, 4.69) is 53.1 Å². The van der Waals surface area contributed by atoms with E-state index >= 15 is 0 Å². The van der Waals surface area contributed by atoms with Crippen LogP contribution in [0.1, 0.15) is 48.4 Å². The smallest absolute Gasteiger partial charge is 0.336 e. The summed E-state index contributed by atoms with van der Waals surface area (Å²) in [4.78, 5) is 17.1. The van der Waals surface area contributed by atoms with Crippen LogP contribution in [0.25, 0.3) is 11.0 Å². The number of benzene rings is 2. The number of rotatable bonds is 5. The van der Waals surface area contributed by atoms with Crippen molar-refractivity contribution in [2.75, 3.05) is 19.8 Å². The summed E-state index contributed by atoms with van der Waals surface area (Å²) in [7, 11) is 0. The van der Waals surface area contributed by atoms with Crippen LogP contribution in [0.5, 0.6) is 5.75 Å². The number of likely N-dealkylation sites (tertiary alicyclic amines) is 1. The van der Waals surface area contributed by atoms with E-state index in [9.17, 15) is 4.79 Å². The molecule has 0 bridgehead atoms. The average Bonchev–Trinajstić information content (AvgIpc) is 2.81. The molecule has 5 rings (SSSR count). The number of nitrogens with zero attached hydrogens (tertiary/aromatic N) is 2. The zero-order chi connectivity index (χ0) is 22.1. The summed E-state index contributed by atoms with van der Waals surface area (Å²) in [6, 6.07) is 15.1. The maximum atomic E-state index is 12.1. The average molecular weight is 433 g/mol. The Morgan fingerprint density at radius 3 is 2.62 bits per heavy atom. The molecular weight excluding hydrogens is 400 g/mol. The summed E-state index contributed by atoms with van der Waals surface area (Å²) in [6.07, 6.45) is 4.20. The third-order valence-electron chi connectivity index (χ3n) is 6.97. The van der Waals surface area contributed by atoms with Gasteiger partial charge < -0.3 is 9.15 Å². The molecule has 0 radical (unpaired) electrons. The molecular formula is C27H32N2O3. The van der Waals surface area contributed by atoms with Gasteiger partial charge in [-0.15, -0.1) is 0 Å². The van der Waals surface area contributed by atoms with Crippen LogP contribution in [0.4, 0.5) is 0 Å². The van der Waals surface area contributed by atoms with Gasteiger partial charge in [0.15, 0.2) is 0 Å². The highest BCUT2D eigenvalue weighted by molar-refractivity contribution is 5.86. The van der Waals surface area contributed by atoms with Gasteiger partial charge in [0.25, 0.3) is 0 Å². The molecule has 5 nitrogen and oxygen atoms in total. The molecule has 0 amide bonds. The highest BCUT2D eigenvalue weighted by Crippen LogP contribution is 2.37. The van der Waals surface area contributed by atoms with Crippen LogP contribution in [0.3, 0.4) is 0 Å². The van der Waals surface area contributed by atoms with E-state index < -0.39 is 0 Å². The standard InChI is InChI=1S/C27H32N2O3/c1-3-7-21-15-25(30)32-27-19(2)26-22(14-24(21)27)17-29(18-31-26)23-10-12-28(13-11-23)16-20-8-5-4-6-9-20/h4-6,8-9,14-15,23H,3,7,10-13,16-18H2,1-2H3. The van der Waals surface area contributed by atoms with Gasteiger partial charge >= 0.3 is 5.63 Å². The summed E-state index contributed by atoms with van der Waals surface area (Å²) in [6.45, 7) is 8.90. The summed E-state index contributed by atoms with van der Waals surface area (Å²) >= 11 is 0. The molecule has 1 fully saturated rings. The van der Waals surface area contributed by atoms with Crippen molar-refractivity contribution in [1.29, 1.82) is 0 Å². The normalized spacial score (nSPS) is 17.9. The molecule has 5 heteroatoms. The van der Waals surface area contributed by atoms with Crippen LogP contribution < -0.4 is 10.4 Å². The second-order valence-electron chi connectivity index (χ2n) is 9.22. The van der Waals surface area contributed by atoms with Crippen molar-refractivity contribution in [1.82, 2.24) is 9.80 Å². The van der Waals surface area contributed by atoms with Gasteiger partial charge in [0.05, 0.1) is 0 Å². The van der Waals surface area contributed by atoms with E-state index in [0.717, 1.165) is 74.1 Å². The first kappa shape index (κ1) is 21.2. The van der Waals surface area contributed by atoms with Gasteiger partial charge in [-0.2, -0.15) is 0 Å². The van der Waals surface area contributed by atoms with Gasteiger partial charge in [0.2, 0.25) is 0 Å². The van der Waals surface area contributed by atoms with E-state index in [1.165, 1.54) is 11.1 Å². The predicted molar refractivity (Wildman–Crippen MR) is 127 cm³/mol. The number of hydrogen-bond acceptors (Lipinski definition) is 5. The highest BCUT2D eigenvalue weighted by Gasteiger charge is 2.30. The predicted octanol–water partition coefficient (Wildman–Crippen LogP) is 4.87. The van der Waals surface area contributed by atoms with E-state index in [1.54, 1.807) is 6.07 Å². The monoisotopic (exact) mass is 432 g/mol. The Morgan fingerprint density at radius 2 is 1.88 bits per heavy atom. The third kappa shape index (κ3) is 4.19. The first-order valence-electron chi connectivity index (χ1n) is 11.8. The van der Waals surface area contributed by atoms with Crippen LogP contribution >= 0.6 is 0 Å². The summed E-state index contributed by atoms with van der Waals surface area (Å²) in [5.74, 6) is 0.895. The molecule has 0 saturated carbocycles. The third-order valence-corrected chi connectivity index (χ3v) is 6.97. The summed E-state index contributed by atoms with van der Waals surface area (Å²) in [5.41, 5.74) is 5.03. The van der Waals surface area contributed by atoms with Gasteiger partial charge in [-0.1, -0.05) is 43.7 Å². The molecule has 0 spiro atoms. The topological polar surface area (TPSA) is 45.9 Å². The van der Waals surface area contributed by atoms with Crippen molar-refractivity contribution in [3.8, 4) is 5.75 Å². The van der Waals surface area contributed by atoms with E-state index in [1.807, 2.05) is 6.92 Å². The Bertz CT molecular complexity index is 1150. The van der Waals surface area contributed by atoms with E-state index in [-0.39, 0.29) is 5.63 Å². The van der Waals surface area contributed by atoms with E-state index in [0.29, 0.717) is 18.4 Å². The fourth-order valence-corrected chi connectivity index (χ4v) is 5.30. The van der Waals surface area contributed by atoms with Crippen LogP contribution in [0.15, 0.2) is 51.7 Å². The van der Waals surface area contributed by atoms with Crippen molar-refractivity contribution in [2.24, 2.45) is 0 Å². The highest BCUT2D eigenvalue weighted by atomic mass is 16.5. The molecule has 32 heavy (non-hydrogen) atoms. The lowest BCUT2D eigenvalue weighted by Gasteiger charge is -2.40. The van der Waals surface area contributed by atoms with Crippen molar-refractivity contribution < 1.29 is 9.15 Å². The fraction of sp³-hybridized carbons (Fsp3) is 0.444. The van der Waals surface area contributed by atoms with Gasteiger partial charge in [0.1, 0.15) is 18.1 Å². The van der Waals surface area contributed by atoms with Gasteiger partial charge in [-0.05, 0) is 56.5 Å². The quantitative estimate of drug-likeness (QED) is 0.538. The first-order chi connectivity index (χ1) is 15.6. The molecule has 2 aliphatic heterocycles. The van der Waals surface area contributed by atoms with Crippen molar-refractivity contribution in [3.05, 3.63) is 75.1 Å². The molecule has 3 heterocycles. The SMILES string of the molecule is CCCc1cc(=O)oc2c(C)c3c(cc12)CN(C1CCN(Cc2ccccc2)CC1)CO3. The second kappa shape index (κ2) is 9.08. The van der Waals surface area contributed by atoms with Crippen molar-refractivity contribution in [3.63, 3.8) is 0 Å². The molecule has 1 aromatic heterocycles. The molecule has 1 saturated heterocycles. The lowest BCUT2D eigenvalue weighted by Crippen LogP contribution is -2.47. The van der Waals surface area contributed by atoms with Gasteiger partial charge in [0, 0.05) is 41.7 Å². The fourth-order valence-electron chi connectivity index (χ4n) is 5.30. The van der Waals surface area contributed by atoms with Crippen LogP contribution in [-0.4, -0.2) is 35.7 Å². The molecule has 0 unspecified atom stereocenters. The lowest BCUT2D eigenvalue weighted by atomic mass is 9.97. The molecule has 0 atom stereocenters. The molecule has 0 N–H and O–H groups in total. The first-order valence-corrected chi connectivity index (χ1v) is 11.8. The molecule has 2 aromatic carbocycles. The number of piperidine rings is 1. The minimum atomic E-state index is -0.274. The molecule has 0 aliphatic carbocycles. The zero-order valence-electron chi connectivity index (χ0n) is 19.1. The van der Waals surface area contributed by atoms with E-state index in [4.69, 9.17) is 9.15 Å². The Labute approximate surface area is 189 Å². The summed E-state index contributed by atoms with van der Waals surface area (Å²) < 4.78 is 11.8. The second-order valence-corrected chi connectivity index (χ2v) is 9.22. The lowest BCUT2D eigenvalue weighted by molar-refractivity contribution is 0.0239. The molecule has 2 aliphatic rings. The minimum absolute atomic E-state index is 0.274. The Balaban J connectivity index is 1.32. The largest absolute Gasteiger partial charge is 0.477 e.